The van der Waals surface area contributed by atoms with Gasteiger partial charge in [-0.2, -0.15) is 5.26 Å². The highest BCUT2D eigenvalue weighted by Crippen LogP contribution is 2.31. The molecule has 0 aromatic heterocycles. The van der Waals surface area contributed by atoms with Crippen LogP contribution in [0.25, 0.3) is 0 Å². The zero-order chi connectivity index (χ0) is 15.6. The summed E-state index contributed by atoms with van der Waals surface area (Å²) in [6.45, 7) is 2.48. The Bertz CT molecular complexity index is 623. The Balaban J connectivity index is 2.25. The fourth-order valence-electron chi connectivity index (χ4n) is 2.73. The summed E-state index contributed by atoms with van der Waals surface area (Å²) in [5.41, 5.74) is 0.521. The highest BCUT2D eigenvalue weighted by molar-refractivity contribution is 5.71. The van der Waals surface area contributed by atoms with E-state index in [1.54, 1.807) is 6.07 Å². The van der Waals surface area contributed by atoms with Crippen LogP contribution in [0.3, 0.4) is 0 Å². The van der Waals surface area contributed by atoms with Gasteiger partial charge in [-0.25, -0.2) is 0 Å². The summed E-state index contributed by atoms with van der Waals surface area (Å²) in [6.07, 6.45) is 1.05. The van der Waals surface area contributed by atoms with Crippen molar-refractivity contribution >= 4 is 17.3 Å². The minimum atomic E-state index is -0.789. The number of piperidine rings is 1. The molecule has 2 unspecified atom stereocenters. The number of nitro benzene ring substituents is 1. The normalized spacial score (nSPS) is 21.6. The lowest BCUT2D eigenvalue weighted by molar-refractivity contribution is -0.385. The monoisotopic (exact) mass is 289 g/mol. The van der Waals surface area contributed by atoms with E-state index in [1.165, 1.54) is 12.1 Å². The van der Waals surface area contributed by atoms with Crippen LogP contribution in [0.15, 0.2) is 18.2 Å². The predicted octanol–water partition coefficient (Wildman–Crippen LogP) is 2.16. The fourth-order valence-corrected chi connectivity index (χ4v) is 2.73. The summed E-state index contributed by atoms with van der Waals surface area (Å²) in [6, 6.07) is 6.27. The van der Waals surface area contributed by atoms with Crippen molar-refractivity contribution in [2.75, 3.05) is 11.4 Å². The fraction of sp³-hybridized carbons (Fsp3) is 0.429. The standard InChI is InChI=1S/C14H15N3O4/c1-9-6-10(14(18)19)4-5-16(9)12-2-3-13(17(20)21)11(7-12)8-15/h2-3,7,9-10H,4-6H2,1H3,(H,18,19). The number of hydrogen-bond donors (Lipinski definition) is 1. The largest absolute Gasteiger partial charge is 0.481 e. The molecule has 2 atom stereocenters. The van der Waals surface area contributed by atoms with E-state index in [2.05, 4.69) is 0 Å². The predicted molar refractivity (Wildman–Crippen MR) is 75.0 cm³/mol. The van der Waals surface area contributed by atoms with Crippen LogP contribution in [0, 0.1) is 27.4 Å². The summed E-state index contributed by atoms with van der Waals surface area (Å²) in [5, 5.41) is 28.9. The summed E-state index contributed by atoms with van der Waals surface area (Å²) < 4.78 is 0. The second kappa shape index (κ2) is 5.79. The molecule has 1 heterocycles. The van der Waals surface area contributed by atoms with Crippen LogP contribution in [0.2, 0.25) is 0 Å². The third-order valence-corrected chi connectivity index (χ3v) is 3.85. The van der Waals surface area contributed by atoms with E-state index in [0.717, 1.165) is 0 Å². The minimum absolute atomic E-state index is 0.00727. The first kappa shape index (κ1) is 14.8. The second-order valence-electron chi connectivity index (χ2n) is 5.17. The molecule has 21 heavy (non-hydrogen) atoms. The Kier molecular flexibility index (Phi) is 4.08. The van der Waals surface area contributed by atoms with Crippen LogP contribution in [0.5, 0.6) is 0 Å². The van der Waals surface area contributed by atoms with Crippen molar-refractivity contribution in [1.29, 1.82) is 5.26 Å². The van der Waals surface area contributed by atoms with Crippen molar-refractivity contribution in [2.24, 2.45) is 5.92 Å². The maximum Gasteiger partial charge on any atom is 0.306 e. The third kappa shape index (κ3) is 2.94. The minimum Gasteiger partial charge on any atom is -0.481 e. The zero-order valence-electron chi connectivity index (χ0n) is 11.5. The summed E-state index contributed by atoms with van der Waals surface area (Å²) in [4.78, 5) is 23.3. The molecular weight excluding hydrogens is 274 g/mol. The number of nitriles is 1. The molecule has 0 amide bonds. The number of carboxylic acids is 1. The van der Waals surface area contributed by atoms with Gasteiger partial charge in [-0.3, -0.25) is 14.9 Å². The molecule has 1 N–H and O–H groups in total. The molecule has 7 nitrogen and oxygen atoms in total. The molecule has 110 valence electrons. The maximum atomic E-state index is 11.0. The Morgan fingerprint density at radius 2 is 2.29 bits per heavy atom. The van der Waals surface area contributed by atoms with Gasteiger partial charge in [0, 0.05) is 24.3 Å². The number of rotatable bonds is 3. The number of benzene rings is 1. The van der Waals surface area contributed by atoms with E-state index in [9.17, 15) is 14.9 Å². The molecule has 1 aliphatic rings. The Labute approximate surface area is 121 Å². The molecular formula is C14H15N3O4. The number of carboxylic acid groups (broad SMARTS) is 1. The average Bonchev–Trinajstić information content (AvgIpc) is 2.46. The molecule has 1 aliphatic heterocycles. The van der Waals surface area contributed by atoms with E-state index < -0.39 is 10.9 Å². The summed E-state index contributed by atoms with van der Waals surface area (Å²) in [5.74, 6) is -1.15. The Morgan fingerprint density at radius 1 is 1.57 bits per heavy atom. The maximum absolute atomic E-state index is 11.0. The van der Waals surface area contributed by atoms with Crippen LogP contribution >= 0.6 is 0 Å². The third-order valence-electron chi connectivity index (χ3n) is 3.85. The molecule has 0 aliphatic carbocycles. The number of carbonyl (C=O) groups is 1. The van der Waals surface area contributed by atoms with Gasteiger partial charge in [0.25, 0.3) is 5.69 Å². The first-order valence-corrected chi connectivity index (χ1v) is 6.62. The topological polar surface area (TPSA) is 107 Å². The van der Waals surface area contributed by atoms with Crippen molar-refractivity contribution in [2.45, 2.75) is 25.8 Å². The lowest BCUT2D eigenvalue weighted by Crippen LogP contribution is -2.42. The average molecular weight is 289 g/mol. The SMILES string of the molecule is CC1CC(C(=O)O)CCN1c1ccc([N+](=O)[O-])c(C#N)c1. The van der Waals surface area contributed by atoms with Crippen LogP contribution in [-0.2, 0) is 4.79 Å². The first-order chi connectivity index (χ1) is 9.93. The molecule has 2 rings (SSSR count). The first-order valence-electron chi connectivity index (χ1n) is 6.62. The van der Waals surface area contributed by atoms with Gasteiger partial charge in [0.15, 0.2) is 0 Å². The number of nitro groups is 1. The van der Waals surface area contributed by atoms with Crippen molar-refractivity contribution in [3.63, 3.8) is 0 Å². The van der Waals surface area contributed by atoms with Gasteiger partial charge in [0.2, 0.25) is 0 Å². The molecule has 1 fully saturated rings. The van der Waals surface area contributed by atoms with Crippen LogP contribution in [0.4, 0.5) is 11.4 Å². The van der Waals surface area contributed by atoms with Gasteiger partial charge in [-0.05, 0) is 31.9 Å². The van der Waals surface area contributed by atoms with E-state index in [4.69, 9.17) is 10.4 Å². The number of hydrogen-bond acceptors (Lipinski definition) is 5. The Morgan fingerprint density at radius 3 is 2.81 bits per heavy atom. The highest BCUT2D eigenvalue weighted by Gasteiger charge is 2.30. The van der Waals surface area contributed by atoms with Gasteiger partial charge < -0.3 is 10.0 Å². The number of anilines is 1. The Hall–Kier alpha value is -2.62. The molecule has 1 aromatic rings. The molecule has 1 aromatic carbocycles. The van der Waals surface area contributed by atoms with Crippen LogP contribution in [0.1, 0.15) is 25.3 Å². The number of aliphatic carboxylic acids is 1. The lowest BCUT2D eigenvalue weighted by Gasteiger charge is -2.38. The van der Waals surface area contributed by atoms with Gasteiger partial charge in [0.1, 0.15) is 11.6 Å². The van der Waals surface area contributed by atoms with Crippen molar-refractivity contribution in [3.8, 4) is 6.07 Å². The zero-order valence-corrected chi connectivity index (χ0v) is 11.5. The van der Waals surface area contributed by atoms with Crippen molar-refractivity contribution < 1.29 is 14.8 Å². The molecule has 0 saturated carbocycles. The molecule has 7 heteroatoms. The van der Waals surface area contributed by atoms with E-state index >= 15 is 0 Å². The van der Waals surface area contributed by atoms with Gasteiger partial charge in [0.05, 0.1) is 10.8 Å². The van der Waals surface area contributed by atoms with Crippen molar-refractivity contribution in [1.82, 2.24) is 0 Å². The van der Waals surface area contributed by atoms with Crippen LogP contribution < -0.4 is 4.90 Å². The quantitative estimate of drug-likeness (QED) is 0.674. The van der Waals surface area contributed by atoms with E-state index in [0.29, 0.717) is 25.1 Å². The van der Waals surface area contributed by atoms with Crippen molar-refractivity contribution in [3.05, 3.63) is 33.9 Å². The van der Waals surface area contributed by atoms with E-state index in [-0.39, 0.29) is 23.2 Å². The van der Waals surface area contributed by atoms with Gasteiger partial charge >= 0.3 is 5.97 Å². The molecule has 0 radical (unpaired) electrons. The smallest absolute Gasteiger partial charge is 0.306 e. The highest BCUT2D eigenvalue weighted by atomic mass is 16.6. The van der Waals surface area contributed by atoms with Gasteiger partial charge in [-0.1, -0.05) is 0 Å². The molecule has 1 saturated heterocycles. The van der Waals surface area contributed by atoms with E-state index in [1.807, 2.05) is 17.9 Å². The molecule has 0 bridgehead atoms. The molecule has 0 spiro atoms. The number of nitrogens with zero attached hydrogens (tertiary/aromatic N) is 3. The van der Waals surface area contributed by atoms with Gasteiger partial charge in [-0.15, -0.1) is 0 Å². The van der Waals surface area contributed by atoms with Crippen LogP contribution in [-0.4, -0.2) is 28.6 Å². The lowest BCUT2D eigenvalue weighted by atomic mass is 9.91. The summed E-state index contributed by atoms with van der Waals surface area (Å²) >= 11 is 0. The summed E-state index contributed by atoms with van der Waals surface area (Å²) in [7, 11) is 0. The second-order valence-corrected chi connectivity index (χ2v) is 5.17.